The van der Waals surface area contributed by atoms with Crippen molar-refractivity contribution in [2.24, 2.45) is 0 Å². The van der Waals surface area contributed by atoms with Crippen molar-refractivity contribution in [3.8, 4) is 50.5 Å². The second kappa shape index (κ2) is 15.0. The molecule has 2 heterocycles. The molecule has 0 radical (unpaired) electrons. The molecule has 0 amide bonds. The molecule has 8 rings (SSSR count). The van der Waals surface area contributed by atoms with Crippen LogP contribution in [0.5, 0.6) is 5.75 Å². The number of pyridine rings is 1. The quantitative estimate of drug-likeness (QED) is 0.169. The van der Waals surface area contributed by atoms with Crippen LogP contribution in [0.4, 0.5) is 0 Å². The molecule has 8 aromatic rings. The Labute approximate surface area is 345 Å². The molecular weight excluding hydrogens is 866 g/mol. The van der Waals surface area contributed by atoms with Crippen LogP contribution >= 0.6 is 0 Å². The largest absolute Gasteiger partial charge is 0.507 e. The Balaban J connectivity index is 0.00000480. The van der Waals surface area contributed by atoms with Crippen molar-refractivity contribution in [2.45, 2.75) is 72.8 Å². The van der Waals surface area contributed by atoms with E-state index in [9.17, 15) is 5.11 Å². The number of aromatic hydroxyl groups is 1. The third-order valence-corrected chi connectivity index (χ3v) is 10.8. The van der Waals surface area contributed by atoms with Gasteiger partial charge in [0.15, 0.2) is 0 Å². The number of imidazole rings is 1. The minimum absolute atomic E-state index is 0. The van der Waals surface area contributed by atoms with Crippen molar-refractivity contribution in [3.05, 3.63) is 161 Å². The van der Waals surface area contributed by atoms with Crippen LogP contribution in [-0.4, -0.2) is 19.6 Å². The summed E-state index contributed by atoms with van der Waals surface area (Å²) in [5.41, 5.74) is 15.5. The topological polar surface area (TPSA) is 50.9 Å². The van der Waals surface area contributed by atoms with E-state index in [2.05, 4.69) is 169 Å². The summed E-state index contributed by atoms with van der Waals surface area (Å²) in [4.78, 5) is 10.4. The van der Waals surface area contributed by atoms with Gasteiger partial charge in [0.05, 0.1) is 16.6 Å². The van der Waals surface area contributed by atoms with Crippen molar-refractivity contribution in [1.82, 2.24) is 14.5 Å². The van der Waals surface area contributed by atoms with Gasteiger partial charge in [-0.25, -0.2) is 4.98 Å². The second-order valence-corrected chi connectivity index (χ2v) is 17.0. The number of hydrogen-bond acceptors (Lipinski definition) is 3. The summed E-state index contributed by atoms with van der Waals surface area (Å²) >= 11 is 0. The predicted octanol–water partition coefficient (Wildman–Crippen LogP) is 13.0. The van der Waals surface area contributed by atoms with Gasteiger partial charge in [0, 0.05) is 39.3 Å². The van der Waals surface area contributed by atoms with E-state index in [1.807, 2.05) is 24.4 Å². The van der Waals surface area contributed by atoms with Crippen molar-refractivity contribution in [3.63, 3.8) is 0 Å². The molecule has 5 heteroatoms. The molecule has 0 spiro atoms. The number of fused-ring (bicyclic) bond motifs is 2. The number of aryl methyl sites for hydroxylation is 2. The van der Waals surface area contributed by atoms with Crippen molar-refractivity contribution in [2.75, 3.05) is 0 Å². The molecule has 0 unspecified atom stereocenters. The standard InChI is InChI=1S/C51H48N3O.Pt/c1-32-23-37(25-38(24-32)43-30-40(51(6,7)8)29-41-33(2)21-22-52-47(41)43)42-26-36(35-17-13-10-14-18-35)27-45-48(42)53-49(54(45)31-34-15-11-9-12-16-34)44-28-39(50(3,4)5)19-20-46(44)55;/h9-24,26-30,55H,31H2,1-8H3;/q-1;. The van der Waals surface area contributed by atoms with Crippen molar-refractivity contribution >= 4 is 21.9 Å². The zero-order chi connectivity index (χ0) is 38.6. The van der Waals surface area contributed by atoms with E-state index >= 15 is 0 Å². The van der Waals surface area contributed by atoms with E-state index in [1.165, 1.54) is 11.1 Å². The van der Waals surface area contributed by atoms with Crippen LogP contribution in [0.1, 0.15) is 69.4 Å². The third kappa shape index (κ3) is 7.48. The summed E-state index contributed by atoms with van der Waals surface area (Å²) < 4.78 is 2.27. The van der Waals surface area contributed by atoms with Crippen LogP contribution in [0.3, 0.4) is 0 Å². The Morgan fingerprint density at radius 1 is 0.625 bits per heavy atom. The van der Waals surface area contributed by atoms with Crippen LogP contribution in [0.2, 0.25) is 0 Å². The molecule has 4 nitrogen and oxygen atoms in total. The Kier molecular flexibility index (Phi) is 10.4. The van der Waals surface area contributed by atoms with Gasteiger partial charge in [-0.05, 0) is 80.8 Å². The molecular formula is C51H48N3OPt-. The average molecular weight is 914 g/mol. The molecule has 0 bridgehead atoms. The Bertz CT molecular complexity index is 2720. The van der Waals surface area contributed by atoms with Crippen molar-refractivity contribution in [1.29, 1.82) is 0 Å². The van der Waals surface area contributed by atoms with Gasteiger partial charge in [-0.15, -0.1) is 34.9 Å². The van der Waals surface area contributed by atoms with Crippen LogP contribution in [0.25, 0.3) is 66.7 Å². The van der Waals surface area contributed by atoms with Crippen molar-refractivity contribution < 1.29 is 26.2 Å². The molecule has 0 atom stereocenters. The van der Waals surface area contributed by atoms with E-state index in [-0.39, 0.29) is 37.6 Å². The number of aromatic nitrogens is 3. The SMILES string of the molecule is Cc1cc(-c2cc(C(C)(C)C)cc3c(C)ccnc23)[c-]c(-c2cc(-c3ccccc3)cc3c2nc(-c2cc(C(C)(C)C)ccc2O)n3Cc2ccccc2)c1.[Pt]. The molecule has 1 N–H and O–H groups in total. The predicted molar refractivity (Wildman–Crippen MR) is 230 cm³/mol. The van der Waals surface area contributed by atoms with Gasteiger partial charge < -0.3 is 9.67 Å². The molecule has 2 aromatic heterocycles. The number of nitrogens with zero attached hydrogens (tertiary/aromatic N) is 3. The summed E-state index contributed by atoms with van der Waals surface area (Å²) in [5.74, 6) is 0.936. The van der Waals surface area contributed by atoms with Gasteiger partial charge in [0.25, 0.3) is 0 Å². The summed E-state index contributed by atoms with van der Waals surface area (Å²) in [6, 6.07) is 46.5. The zero-order valence-electron chi connectivity index (χ0n) is 33.4. The summed E-state index contributed by atoms with van der Waals surface area (Å²) in [6.07, 6.45) is 1.91. The second-order valence-electron chi connectivity index (χ2n) is 17.0. The van der Waals surface area contributed by atoms with Gasteiger partial charge in [-0.3, -0.25) is 4.98 Å². The van der Waals surface area contributed by atoms with E-state index in [0.29, 0.717) is 12.1 Å². The summed E-state index contributed by atoms with van der Waals surface area (Å²) in [6.45, 7) is 18.3. The minimum Gasteiger partial charge on any atom is -0.507 e. The smallest absolute Gasteiger partial charge is 0.144 e. The van der Waals surface area contributed by atoms with Gasteiger partial charge >= 0.3 is 0 Å². The first kappa shape index (κ1) is 38.9. The summed E-state index contributed by atoms with van der Waals surface area (Å²) in [7, 11) is 0. The first-order valence-electron chi connectivity index (χ1n) is 19.2. The first-order chi connectivity index (χ1) is 26.2. The fourth-order valence-corrected chi connectivity index (χ4v) is 7.57. The van der Waals surface area contributed by atoms with Gasteiger partial charge in [-0.1, -0.05) is 145 Å². The minimum atomic E-state index is -0.112. The number of hydrogen-bond donors (Lipinski definition) is 1. The number of phenols is 1. The zero-order valence-corrected chi connectivity index (χ0v) is 35.7. The Hall–Kier alpha value is -5.31. The third-order valence-electron chi connectivity index (χ3n) is 10.8. The normalized spacial score (nSPS) is 11.9. The number of benzene rings is 6. The van der Waals surface area contributed by atoms with E-state index < -0.39 is 0 Å². The molecule has 0 aliphatic heterocycles. The van der Waals surface area contributed by atoms with E-state index in [4.69, 9.17) is 9.97 Å². The molecule has 0 saturated heterocycles. The maximum absolute atomic E-state index is 11.5. The van der Waals surface area contributed by atoms with Crippen LogP contribution in [0, 0.1) is 19.9 Å². The molecule has 6 aromatic carbocycles. The monoisotopic (exact) mass is 913 g/mol. The maximum atomic E-state index is 11.5. The summed E-state index contributed by atoms with van der Waals surface area (Å²) in [5, 5.41) is 12.7. The number of phenolic OH excluding ortho intramolecular Hbond substituents is 1. The van der Waals surface area contributed by atoms with Crippen LogP contribution < -0.4 is 0 Å². The Morgan fingerprint density at radius 3 is 1.91 bits per heavy atom. The molecule has 0 aliphatic carbocycles. The average Bonchev–Trinajstić information content (AvgIpc) is 3.51. The fraction of sp³-hybridized carbons (Fsp3) is 0.216. The molecule has 284 valence electrons. The fourth-order valence-electron chi connectivity index (χ4n) is 7.57. The molecule has 0 aliphatic rings. The molecule has 0 saturated carbocycles. The molecule has 0 fully saturated rings. The maximum Gasteiger partial charge on any atom is 0.144 e. The van der Waals surface area contributed by atoms with Gasteiger partial charge in [-0.2, -0.15) is 0 Å². The van der Waals surface area contributed by atoms with Crippen LogP contribution in [0.15, 0.2) is 128 Å². The van der Waals surface area contributed by atoms with Gasteiger partial charge in [0.2, 0.25) is 0 Å². The van der Waals surface area contributed by atoms with E-state index in [0.717, 1.165) is 77.8 Å². The van der Waals surface area contributed by atoms with E-state index in [1.54, 1.807) is 0 Å². The van der Waals surface area contributed by atoms with Gasteiger partial charge in [0.1, 0.15) is 11.6 Å². The van der Waals surface area contributed by atoms with Crippen LogP contribution in [-0.2, 0) is 38.4 Å². The Morgan fingerprint density at radius 2 is 1.25 bits per heavy atom. The number of rotatable bonds is 6. The molecule has 56 heavy (non-hydrogen) atoms. The first-order valence-corrected chi connectivity index (χ1v) is 19.2.